The second-order valence-corrected chi connectivity index (χ2v) is 11.9. The van der Waals surface area contributed by atoms with E-state index in [0.29, 0.717) is 28.8 Å². The van der Waals surface area contributed by atoms with Gasteiger partial charge in [-0.1, -0.05) is 85.6 Å². The molecule has 0 aliphatic carbocycles. The lowest BCUT2D eigenvalue weighted by atomic mass is 9.90. The quantitative estimate of drug-likeness (QED) is 0.310. The molecule has 1 amide bonds. The first-order valence-corrected chi connectivity index (χ1v) is 14.8. The fourth-order valence-corrected chi connectivity index (χ4v) is 6.90. The van der Waals surface area contributed by atoms with Crippen molar-refractivity contribution < 1.29 is 13.2 Å². The van der Waals surface area contributed by atoms with Crippen LogP contribution in [0.3, 0.4) is 0 Å². The molecule has 4 aromatic rings. The van der Waals surface area contributed by atoms with E-state index < -0.39 is 15.9 Å². The van der Waals surface area contributed by atoms with Crippen LogP contribution in [0.5, 0.6) is 0 Å². The van der Waals surface area contributed by atoms with Gasteiger partial charge in [0.25, 0.3) is 0 Å². The van der Waals surface area contributed by atoms with E-state index in [2.05, 4.69) is 10.3 Å². The highest BCUT2D eigenvalue weighted by atomic mass is 32.2. The number of rotatable bonds is 7. The summed E-state index contributed by atoms with van der Waals surface area (Å²) in [6.45, 7) is 1.15. The lowest BCUT2D eigenvalue weighted by molar-refractivity contribution is -0.116. The van der Waals surface area contributed by atoms with Gasteiger partial charge in [-0.15, -0.1) is 11.3 Å². The first-order chi connectivity index (χ1) is 18.0. The van der Waals surface area contributed by atoms with Gasteiger partial charge in [0.1, 0.15) is 0 Å². The third-order valence-electron chi connectivity index (χ3n) is 6.62. The van der Waals surface area contributed by atoms with Crippen LogP contribution in [0.1, 0.15) is 42.7 Å². The Balaban J connectivity index is 1.32. The molecule has 0 spiro atoms. The van der Waals surface area contributed by atoms with Crippen LogP contribution >= 0.6 is 11.3 Å². The number of hydrogen-bond acceptors (Lipinski definition) is 5. The van der Waals surface area contributed by atoms with Crippen molar-refractivity contribution in [2.24, 2.45) is 0 Å². The number of sulfonamides is 1. The van der Waals surface area contributed by atoms with Crippen LogP contribution in [0, 0.1) is 0 Å². The van der Waals surface area contributed by atoms with Crippen molar-refractivity contribution in [3.63, 3.8) is 0 Å². The molecule has 1 saturated heterocycles. The molecule has 0 radical (unpaired) electrons. The van der Waals surface area contributed by atoms with Gasteiger partial charge in [0.15, 0.2) is 5.13 Å². The van der Waals surface area contributed by atoms with E-state index in [1.807, 2.05) is 66.0 Å². The predicted octanol–water partition coefficient (Wildman–Crippen LogP) is 6.15. The van der Waals surface area contributed by atoms with Crippen molar-refractivity contribution in [2.75, 3.05) is 18.4 Å². The Kier molecular flexibility index (Phi) is 7.79. The Hall–Kier alpha value is -3.33. The molecule has 1 aliphatic heterocycles. The van der Waals surface area contributed by atoms with Gasteiger partial charge in [-0.2, -0.15) is 4.31 Å². The summed E-state index contributed by atoms with van der Waals surface area (Å²) < 4.78 is 27.8. The molecule has 1 N–H and O–H groups in total. The van der Waals surface area contributed by atoms with Crippen LogP contribution in [-0.4, -0.2) is 36.7 Å². The molecular formula is C29H29N3O3S2. The molecule has 37 heavy (non-hydrogen) atoms. The van der Waals surface area contributed by atoms with Crippen LogP contribution in [-0.2, 0) is 14.8 Å². The molecule has 5 rings (SSSR count). The van der Waals surface area contributed by atoms with Crippen LogP contribution in [0.15, 0.2) is 95.2 Å². The number of nitrogens with zero attached hydrogens (tertiary/aromatic N) is 2. The Labute approximate surface area is 222 Å². The number of nitrogens with one attached hydrogen (secondary N) is 1. The largest absolute Gasteiger partial charge is 0.301 e. The van der Waals surface area contributed by atoms with Crippen molar-refractivity contribution in [1.82, 2.24) is 9.29 Å². The van der Waals surface area contributed by atoms with Gasteiger partial charge in [-0.3, -0.25) is 4.79 Å². The van der Waals surface area contributed by atoms with Gasteiger partial charge in [-0.05, 0) is 36.1 Å². The van der Waals surface area contributed by atoms with Crippen LogP contribution in [0.2, 0.25) is 0 Å². The van der Waals surface area contributed by atoms with Crippen LogP contribution < -0.4 is 5.32 Å². The van der Waals surface area contributed by atoms with Gasteiger partial charge < -0.3 is 5.32 Å². The maximum atomic E-state index is 13.4. The van der Waals surface area contributed by atoms with Gasteiger partial charge in [0.05, 0.1) is 16.5 Å². The maximum absolute atomic E-state index is 13.4. The molecule has 3 aromatic carbocycles. The normalized spacial score (nSPS) is 14.8. The average molecular weight is 532 g/mol. The monoisotopic (exact) mass is 531 g/mol. The number of carbonyl (C=O) groups excluding carboxylic acids is 1. The molecule has 2 heterocycles. The standard InChI is InChI=1S/C29H29N3O3S2/c33-28(27(23-11-5-3-6-12-23)24-13-7-4-8-14-24)31-29-30-26(21-36-29)22-15-17-25(18-16-22)37(34,35)32-19-9-1-2-10-20-32/h3-8,11-18,21,27H,1-2,9-10,19-20H2,(H,30,31,33). The number of anilines is 1. The fourth-order valence-electron chi connectivity index (χ4n) is 4.66. The predicted molar refractivity (Wildman–Crippen MR) is 148 cm³/mol. The van der Waals surface area contributed by atoms with E-state index in [1.54, 1.807) is 28.6 Å². The first kappa shape index (κ1) is 25.3. The van der Waals surface area contributed by atoms with E-state index in [-0.39, 0.29) is 5.91 Å². The summed E-state index contributed by atoms with van der Waals surface area (Å²) >= 11 is 1.35. The summed E-state index contributed by atoms with van der Waals surface area (Å²) in [6.07, 6.45) is 3.95. The number of thiazole rings is 1. The Morgan fingerprint density at radius 3 is 1.95 bits per heavy atom. The van der Waals surface area contributed by atoms with Crippen LogP contribution in [0.25, 0.3) is 11.3 Å². The third-order valence-corrected chi connectivity index (χ3v) is 9.29. The van der Waals surface area contributed by atoms with E-state index in [9.17, 15) is 13.2 Å². The summed E-state index contributed by atoms with van der Waals surface area (Å²) in [6, 6.07) is 26.2. The van der Waals surface area contributed by atoms with Crippen molar-refractivity contribution in [3.8, 4) is 11.3 Å². The fraction of sp³-hybridized carbons (Fsp3) is 0.241. The molecule has 8 heteroatoms. The number of carbonyl (C=O) groups is 1. The summed E-state index contributed by atoms with van der Waals surface area (Å²) in [7, 11) is -3.50. The Morgan fingerprint density at radius 2 is 1.38 bits per heavy atom. The zero-order valence-corrected chi connectivity index (χ0v) is 22.0. The van der Waals surface area contributed by atoms with Gasteiger partial charge >= 0.3 is 0 Å². The minimum absolute atomic E-state index is 0.155. The van der Waals surface area contributed by atoms with Crippen molar-refractivity contribution >= 4 is 32.4 Å². The second-order valence-electron chi connectivity index (χ2n) is 9.12. The van der Waals surface area contributed by atoms with E-state index in [1.165, 1.54) is 11.3 Å². The van der Waals surface area contributed by atoms with E-state index in [0.717, 1.165) is 42.4 Å². The van der Waals surface area contributed by atoms with E-state index >= 15 is 0 Å². The molecule has 6 nitrogen and oxygen atoms in total. The highest BCUT2D eigenvalue weighted by Gasteiger charge is 2.26. The Morgan fingerprint density at radius 1 is 0.811 bits per heavy atom. The summed E-state index contributed by atoms with van der Waals surface area (Å²) in [5.74, 6) is -0.615. The van der Waals surface area contributed by atoms with Gasteiger partial charge in [0, 0.05) is 24.0 Å². The van der Waals surface area contributed by atoms with Gasteiger partial charge in [-0.25, -0.2) is 13.4 Å². The molecule has 0 bridgehead atoms. The van der Waals surface area contributed by atoms with Crippen molar-refractivity contribution in [1.29, 1.82) is 0 Å². The minimum atomic E-state index is -3.50. The summed E-state index contributed by atoms with van der Waals surface area (Å²) in [4.78, 5) is 18.3. The Bertz CT molecular complexity index is 1390. The zero-order valence-electron chi connectivity index (χ0n) is 20.4. The maximum Gasteiger partial charge on any atom is 0.243 e. The summed E-state index contributed by atoms with van der Waals surface area (Å²) in [5.41, 5.74) is 3.30. The van der Waals surface area contributed by atoms with Crippen molar-refractivity contribution in [2.45, 2.75) is 36.5 Å². The molecule has 1 aliphatic rings. The van der Waals surface area contributed by atoms with E-state index in [4.69, 9.17) is 0 Å². The zero-order chi connectivity index (χ0) is 25.7. The average Bonchev–Trinajstić information content (AvgIpc) is 3.20. The van der Waals surface area contributed by atoms with Crippen molar-refractivity contribution in [3.05, 3.63) is 101 Å². The highest BCUT2D eigenvalue weighted by molar-refractivity contribution is 7.89. The number of benzene rings is 3. The SMILES string of the molecule is O=C(Nc1nc(-c2ccc(S(=O)(=O)N3CCCCCC3)cc2)cs1)C(c1ccccc1)c1ccccc1. The molecule has 0 unspecified atom stereocenters. The number of amides is 1. The molecule has 0 atom stereocenters. The number of aromatic nitrogens is 1. The van der Waals surface area contributed by atoms with Gasteiger partial charge in [0.2, 0.25) is 15.9 Å². The third kappa shape index (κ3) is 5.82. The summed E-state index contributed by atoms with van der Waals surface area (Å²) in [5, 5.41) is 5.35. The molecule has 0 saturated carbocycles. The molecule has 190 valence electrons. The lowest BCUT2D eigenvalue weighted by Gasteiger charge is -2.20. The molecular weight excluding hydrogens is 502 g/mol. The topological polar surface area (TPSA) is 79.4 Å². The molecule has 1 aromatic heterocycles. The highest BCUT2D eigenvalue weighted by Crippen LogP contribution is 2.30. The van der Waals surface area contributed by atoms with Crippen LogP contribution in [0.4, 0.5) is 5.13 Å². The minimum Gasteiger partial charge on any atom is -0.301 e. The second kappa shape index (κ2) is 11.4. The molecule has 1 fully saturated rings. The smallest absolute Gasteiger partial charge is 0.243 e. The lowest BCUT2D eigenvalue weighted by Crippen LogP contribution is -2.31. The first-order valence-electron chi connectivity index (χ1n) is 12.5. The number of hydrogen-bond donors (Lipinski definition) is 1.